The Morgan fingerprint density at radius 2 is 2.00 bits per heavy atom. The summed E-state index contributed by atoms with van der Waals surface area (Å²) in [5.41, 5.74) is 1.77. The van der Waals surface area contributed by atoms with Crippen molar-refractivity contribution in [2.24, 2.45) is 0 Å². The molecule has 1 atom stereocenters. The van der Waals surface area contributed by atoms with Gasteiger partial charge in [-0.15, -0.1) is 0 Å². The average Bonchev–Trinajstić information content (AvgIpc) is 2.71. The van der Waals surface area contributed by atoms with Gasteiger partial charge in [-0.3, -0.25) is 9.59 Å². The number of anilines is 1. The third-order valence-electron chi connectivity index (χ3n) is 4.37. The number of nitrogens with one attached hydrogen (secondary N) is 1. The zero-order chi connectivity index (χ0) is 20.8. The Bertz CT molecular complexity index is 929. The van der Waals surface area contributed by atoms with Crippen molar-refractivity contribution in [1.82, 2.24) is 5.32 Å². The van der Waals surface area contributed by atoms with Crippen molar-refractivity contribution in [3.05, 3.63) is 65.1 Å². The lowest BCUT2D eigenvalue weighted by molar-refractivity contribution is -0.118. The van der Waals surface area contributed by atoms with Gasteiger partial charge < -0.3 is 19.7 Å². The number of fused-ring (bicyclic) bond motifs is 1. The molecule has 3 rings (SSSR count). The second kappa shape index (κ2) is 9.62. The molecular formula is C22H24N2O4S. The topological polar surface area (TPSA) is 67.9 Å². The first-order valence-electron chi connectivity index (χ1n) is 9.24. The molecule has 0 saturated carbocycles. The molecule has 6 nitrogen and oxygen atoms in total. The van der Waals surface area contributed by atoms with Crippen molar-refractivity contribution in [3.8, 4) is 5.75 Å². The minimum atomic E-state index is -0.314. The summed E-state index contributed by atoms with van der Waals surface area (Å²) in [5, 5.41) is 2.81. The van der Waals surface area contributed by atoms with Crippen LogP contribution in [0.3, 0.4) is 0 Å². The van der Waals surface area contributed by atoms with Crippen molar-refractivity contribution in [3.63, 3.8) is 0 Å². The molecule has 0 fully saturated rings. The number of para-hydroxylation sites is 1. The van der Waals surface area contributed by atoms with Crippen LogP contribution in [0.2, 0.25) is 0 Å². The predicted molar refractivity (Wildman–Crippen MR) is 114 cm³/mol. The molecule has 0 aliphatic carbocycles. The number of ether oxygens (including phenoxy) is 2. The van der Waals surface area contributed by atoms with Crippen LogP contribution in [-0.2, 0) is 20.9 Å². The van der Waals surface area contributed by atoms with Crippen LogP contribution in [0, 0.1) is 0 Å². The Morgan fingerprint density at radius 3 is 2.76 bits per heavy atom. The number of carbonyl (C=O) groups is 2. The fourth-order valence-electron chi connectivity index (χ4n) is 3.07. The van der Waals surface area contributed by atoms with Crippen LogP contribution in [0.1, 0.15) is 12.5 Å². The summed E-state index contributed by atoms with van der Waals surface area (Å²) in [5.74, 6) is 0.217. The number of amides is 2. The van der Waals surface area contributed by atoms with Crippen molar-refractivity contribution in [2.45, 2.75) is 24.4 Å². The van der Waals surface area contributed by atoms with Crippen LogP contribution < -0.4 is 15.0 Å². The van der Waals surface area contributed by atoms with E-state index in [9.17, 15) is 9.59 Å². The largest absolute Gasteiger partial charge is 0.497 e. The minimum absolute atomic E-state index is 0.145. The van der Waals surface area contributed by atoms with Crippen molar-refractivity contribution >= 4 is 29.3 Å². The normalized spacial score (nSPS) is 15.8. The van der Waals surface area contributed by atoms with E-state index in [0.717, 1.165) is 21.9 Å². The summed E-state index contributed by atoms with van der Waals surface area (Å²) in [4.78, 5) is 28.6. The standard InChI is InChI=1S/C22H24N2O4S/c1-15(14-27-2)23-21(25)12-20-22(26)24(18-9-4-5-10-19(18)29-20)13-16-7-6-8-17(11-16)28-3/h4-12,15H,13-14H2,1-3H3,(H,23,25)/b20-12+/t15-/m1/s1. The number of benzene rings is 2. The van der Waals surface area contributed by atoms with Crippen molar-refractivity contribution in [1.29, 1.82) is 0 Å². The summed E-state index contributed by atoms with van der Waals surface area (Å²) in [6, 6.07) is 15.1. The second-order valence-corrected chi connectivity index (χ2v) is 7.77. The van der Waals surface area contributed by atoms with Gasteiger partial charge in [0.25, 0.3) is 5.91 Å². The summed E-state index contributed by atoms with van der Waals surface area (Å²) < 4.78 is 10.3. The molecule has 2 aromatic carbocycles. The van der Waals surface area contributed by atoms with Crippen LogP contribution in [-0.4, -0.2) is 38.7 Å². The highest BCUT2D eigenvalue weighted by atomic mass is 32.2. The van der Waals surface area contributed by atoms with Gasteiger partial charge in [0.2, 0.25) is 5.91 Å². The molecule has 0 unspecified atom stereocenters. The number of hydrogen-bond acceptors (Lipinski definition) is 5. The molecule has 0 bridgehead atoms. The molecule has 7 heteroatoms. The maximum atomic E-state index is 13.2. The smallest absolute Gasteiger partial charge is 0.265 e. The third kappa shape index (κ3) is 5.19. The molecule has 29 heavy (non-hydrogen) atoms. The molecule has 1 aliphatic heterocycles. The van der Waals surface area contributed by atoms with E-state index < -0.39 is 0 Å². The fraction of sp³-hybridized carbons (Fsp3) is 0.273. The number of methoxy groups -OCH3 is 2. The van der Waals surface area contributed by atoms with E-state index in [1.54, 1.807) is 19.1 Å². The SMILES string of the molecule is COC[C@@H](C)NC(=O)/C=C1/Sc2ccccc2N(Cc2cccc(OC)c2)C1=O. The van der Waals surface area contributed by atoms with E-state index in [1.807, 2.05) is 55.5 Å². The molecule has 2 amide bonds. The van der Waals surface area contributed by atoms with Crippen LogP contribution >= 0.6 is 11.8 Å². The molecule has 0 radical (unpaired) electrons. The Kier molecular flexibility index (Phi) is 6.95. The Balaban J connectivity index is 1.88. The summed E-state index contributed by atoms with van der Waals surface area (Å²) in [6.45, 7) is 2.63. The highest BCUT2D eigenvalue weighted by Gasteiger charge is 2.29. The second-order valence-electron chi connectivity index (χ2n) is 6.69. The lowest BCUT2D eigenvalue weighted by Crippen LogP contribution is -2.37. The molecule has 1 heterocycles. The van der Waals surface area contributed by atoms with Gasteiger partial charge in [-0.1, -0.05) is 36.0 Å². The number of hydrogen-bond donors (Lipinski definition) is 1. The van der Waals surface area contributed by atoms with Crippen LogP contribution in [0.5, 0.6) is 5.75 Å². The van der Waals surface area contributed by atoms with Crippen molar-refractivity contribution in [2.75, 3.05) is 25.7 Å². The van der Waals surface area contributed by atoms with E-state index in [1.165, 1.54) is 17.8 Å². The zero-order valence-corrected chi connectivity index (χ0v) is 17.5. The Labute approximate surface area is 174 Å². The summed E-state index contributed by atoms with van der Waals surface area (Å²) >= 11 is 1.31. The summed E-state index contributed by atoms with van der Waals surface area (Å²) in [6.07, 6.45) is 1.37. The molecule has 152 valence electrons. The molecular weight excluding hydrogens is 388 g/mol. The van der Waals surface area contributed by atoms with Gasteiger partial charge in [0.15, 0.2) is 0 Å². The van der Waals surface area contributed by atoms with Crippen molar-refractivity contribution < 1.29 is 19.1 Å². The van der Waals surface area contributed by atoms with Gasteiger partial charge >= 0.3 is 0 Å². The molecule has 1 aliphatic rings. The lowest BCUT2D eigenvalue weighted by atomic mass is 10.1. The maximum Gasteiger partial charge on any atom is 0.265 e. The van der Waals surface area contributed by atoms with Gasteiger partial charge in [-0.05, 0) is 36.8 Å². The molecule has 0 spiro atoms. The predicted octanol–water partition coefficient (Wildman–Crippen LogP) is 3.37. The maximum absolute atomic E-state index is 13.2. The third-order valence-corrected chi connectivity index (χ3v) is 5.45. The monoisotopic (exact) mass is 412 g/mol. The first-order chi connectivity index (χ1) is 14.0. The Morgan fingerprint density at radius 1 is 1.21 bits per heavy atom. The van der Waals surface area contributed by atoms with Gasteiger partial charge in [0.1, 0.15) is 5.75 Å². The number of rotatable bonds is 7. The van der Waals surface area contributed by atoms with Gasteiger partial charge in [0, 0.05) is 24.1 Å². The van der Waals surface area contributed by atoms with Gasteiger partial charge in [-0.25, -0.2) is 0 Å². The zero-order valence-electron chi connectivity index (χ0n) is 16.7. The van der Waals surface area contributed by atoms with Gasteiger partial charge in [-0.2, -0.15) is 0 Å². The van der Waals surface area contributed by atoms with E-state index in [2.05, 4.69) is 5.32 Å². The minimum Gasteiger partial charge on any atom is -0.497 e. The van der Waals surface area contributed by atoms with E-state index in [0.29, 0.717) is 18.1 Å². The fourth-order valence-corrected chi connectivity index (χ4v) is 4.10. The quantitative estimate of drug-likeness (QED) is 0.707. The average molecular weight is 413 g/mol. The number of nitrogens with zero attached hydrogens (tertiary/aromatic N) is 1. The van der Waals surface area contributed by atoms with Crippen LogP contribution in [0.4, 0.5) is 5.69 Å². The molecule has 0 saturated heterocycles. The summed E-state index contributed by atoms with van der Waals surface area (Å²) in [7, 11) is 3.19. The molecule has 0 aromatic heterocycles. The van der Waals surface area contributed by atoms with Crippen LogP contribution in [0.15, 0.2) is 64.4 Å². The van der Waals surface area contributed by atoms with Gasteiger partial charge in [0.05, 0.1) is 30.9 Å². The number of carbonyl (C=O) groups excluding carboxylic acids is 2. The van der Waals surface area contributed by atoms with E-state index >= 15 is 0 Å². The highest BCUT2D eigenvalue weighted by Crippen LogP contribution is 2.41. The first-order valence-corrected chi connectivity index (χ1v) is 10.1. The molecule has 1 N–H and O–H groups in total. The van der Waals surface area contributed by atoms with E-state index in [4.69, 9.17) is 9.47 Å². The lowest BCUT2D eigenvalue weighted by Gasteiger charge is -2.30. The number of thioether (sulfide) groups is 1. The van der Waals surface area contributed by atoms with E-state index in [-0.39, 0.29) is 17.9 Å². The first kappa shape index (κ1) is 21.0. The highest BCUT2D eigenvalue weighted by molar-refractivity contribution is 8.04. The van der Waals surface area contributed by atoms with Crippen LogP contribution in [0.25, 0.3) is 0 Å². The molecule has 2 aromatic rings. The Hall–Kier alpha value is -2.77.